The van der Waals surface area contributed by atoms with Gasteiger partial charge in [-0.25, -0.2) is 0 Å². The minimum Gasteiger partial charge on any atom is -0.394 e. The Morgan fingerprint density at radius 3 is 1.70 bits per heavy atom. The van der Waals surface area contributed by atoms with E-state index < -0.39 is 149 Å². The molecule has 10 fully saturated rings. The average Bonchev–Trinajstić information content (AvgIpc) is 3.87. The third-order valence-electron chi connectivity index (χ3n) is 20.6. The van der Waals surface area contributed by atoms with Gasteiger partial charge in [0.2, 0.25) is 0 Å². The van der Waals surface area contributed by atoms with Crippen LogP contribution in [0, 0.1) is 52.3 Å². The molecule has 0 bridgehead atoms. The molecule has 4 aliphatic carbocycles. The van der Waals surface area contributed by atoms with Gasteiger partial charge in [-0.2, -0.15) is 0 Å². The highest BCUT2D eigenvalue weighted by Crippen LogP contribution is 2.71. The van der Waals surface area contributed by atoms with Crippen LogP contribution in [0.4, 0.5) is 0 Å². The van der Waals surface area contributed by atoms with Crippen LogP contribution in [0.3, 0.4) is 0 Å². The summed E-state index contributed by atoms with van der Waals surface area (Å²) in [6.45, 7) is 7.48. The summed E-state index contributed by atoms with van der Waals surface area (Å²) in [6, 6.07) is 0. The van der Waals surface area contributed by atoms with Gasteiger partial charge in [-0.05, 0) is 111 Å². The van der Waals surface area contributed by atoms with Gasteiger partial charge in [0.25, 0.3) is 0 Å². The molecule has 426 valence electrons. The zero-order valence-electron chi connectivity index (χ0n) is 42.8. The van der Waals surface area contributed by atoms with Crippen molar-refractivity contribution < 1.29 is 109 Å². The Bertz CT molecular complexity index is 1880. The van der Waals surface area contributed by atoms with Gasteiger partial charge in [0.1, 0.15) is 103 Å². The highest BCUT2D eigenvalue weighted by Gasteiger charge is 2.69. The van der Waals surface area contributed by atoms with Crippen LogP contribution in [0.5, 0.6) is 0 Å². The molecule has 0 aromatic carbocycles. The van der Waals surface area contributed by atoms with Crippen LogP contribution in [-0.2, 0) is 42.6 Å². The standard InChI is InChI=1S/C51H85NO22/c1-20-7-12-51(52-15-20)21(2)32-27(74-51)14-26-24-6-5-22-13-23(8-10-49(22,3)25(24)9-11-50(26,32)4)66-45-40(64)38(62)42(31(19-56)70-45)71-47-41(65)43(35(59)30(18-55)68-47)72-48-44(37(61)34(58)29(17-54)69-48)73-46-39(63)36(60)33(57)28(16-53)67-46/h20-48,52-65H,5-19H2,1-4H3/t20-,21-,22-,23+,24+,25-,26+,27+,28+,29-,30-,31-,32+,33+,34+,35-,36+,37+,38+,39-,40-,41-,42-,43+,44+,45-,46+,47+,48+,49-,50-,51-/m1/s1. The zero-order valence-corrected chi connectivity index (χ0v) is 42.8. The molecule has 6 saturated heterocycles. The Morgan fingerprint density at radius 2 is 1.04 bits per heavy atom. The zero-order chi connectivity index (χ0) is 52.9. The van der Waals surface area contributed by atoms with Crippen molar-refractivity contribution in [3.63, 3.8) is 0 Å². The van der Waals surface area contributed by atoms with Gasteiger partial charge in [-0.1, -0.05) is 27.7 Å². The van der Waals surface area contributed by atoms with Crippen molar-refractivity contribution in [2.45, 2.75) is 233 Å². The molecule has 0 aromatic rings. The van der Waals surface area contributed by atoms with Crippen LogP contribution in [0.2, 0.25) is 0 Å². The molecule has 14 N–H and O–H groups in total. The van der Waals surface area contributed by atoms with E-state index in [1.165, 1.54) is 19.3 Å². The Labute approximate surface area is 431 Å². The van der Waals surface area contributed by atoms with Crippen molar-refractivity contribution in [2.75, 3.05) is 33.0 Å². The van der Waals surface area contributed by atoms with E-state index in [2.05, 4.69) is 33.0 Å². The van der Waals surface area contributed by atoms with Gasteiger partial charge in [-0.15, -0.1) is 0 Å². The largest absolute Gasteiger partial charge is 0.394 e. The molecule has 32 atom stereocenters. The number of rotatable bonds is 12. The normalized spacial score (nSPS) is 57.6. The molecule has 23 heteroatoms. The molecule has 10 rings (SSSR count). The van der Waals surface area contributed by atoms with Gasteiger partial charge in [0, 0.05) is 12.5 Å². The number of aliphatic hydroxyl groups is 13. The van der Waals surface area contributed by atoms with Gasteiger partial charge >= 0.3 is 0 Å². The number of ether oxygens (including phenoxy) is 9. The van der Waals surface area contributed by atoms with Crippen molar-refractivity contribution in [1.82, 2.24) is 5.32 Å². The summed E-state index contributed by atoms with van der Waals surface area (Å²) in [6.07, 6.45) is -24.8. The predicted octanol–water partition coefficient (Wildman–Crippen LogP) is -3.34. The second-order valence-electron chi connectivity index (χ2n) is 24.5. The molecular formula is C51H85NO22. The van der Waals surface area contributed by atoms with Crippen LogP contribution in [0.25, 0.3) is 0 Å². The second-order valence-corrected chi connectivity index (χ2v) is 24.5. The van der Waals surface area contributed by atoms with Crippen LogP contribution < -0.4 is 5.32 Å². The van der Waals surface area contributed by atoms with Gasteiger partial charge < -0.3 is 109 Å². The molecule has 0 aromatic heterocycles. The van der Waals surface area contributed by atoms with Crippen molar-refractivity contribution in [3.05, 3.63) is 0 Å². The number of hydrogen-bond acceptors (Lipinski definition) is 23. The topological polar surface area (TPSA) is 358 Å². The third-order valence-corrected chi connectivity index (χ3v) is 20.6. The summed E-state index contributed by atoms with van der Waals surface area (Å²) in [4.78, 5) is 0. The molecule has 6 heterocycles. The smallest absolute Gasteiger partial charge is 0.187 e. The number of aliphatic hydroxyl groups excluding tert-OH is 13. The van der Waals surface area contributed by atoms with Gasteiger partial charge in [0.15, 0.2) is 25.2 Å². The van der Waals surface area contributed by atoms with E-state index in [9.17, 15) is 66.4 Å². The number of hydrogen-bond donors (Lipinski definition) is 14. The number of piperidine rings is 1. The lowest BCUT2D eigenvalue weighted by molar-refractivity contribution is -0.397. The Kier molecular flexibility index (Phi) is 16.6. The fraction of sp³-hybridized carbons (Fsp3) is 1.00. The minimum atomic E-state index is -2.04. The monoisotopic (exact) mass is 1060 g/mol. The Balaban J connectivity index is 0.773. The van der Waals surface area contributed by atoms with Gasteiger partial charge in [-0.3, -0.25) is 5.32 Å². The lowest BCUT2D eigenvalue weighted by atomic mass is 9.44. The minimum absolute atomic E-state index is 0.111. The number of fused-ring (bicyclic) bond motifs is 7. The molecule has 23 nitrogen and oxygen atoms in total. The quantitative estimate of drug-likeness (QED) is 0.0850. The molecule has 1 spiro atoms. The summed E-state index contributed by atoms with van der Waals surface area (Å²) in [7, 11) is 0. The highest BCUT2D eigenvalue weighted by molar-refractivity contribution is 5.16. The van der Waals surface area contributed by atoms with E-state index in [1.54, 1.807) is 0 Å². The summed E-state index contributed by atoms with van der Waals surface area (Å²) < 4.78 is 54.3. The highest BCUT2D eigenvalue weighted by atomic mass is 16.8. The molecule has 6 aliphatic heterocycles. The summed E-state index contributed by atoms with van der Waals surface area (Å²) in [5, 5.41) is 144. The molecule has 10 aliphatic rings. The lowest BCUT2D eigenvalue weighted by Crippen LogP contribution is -2.68. The van der Waals surface area contributed by atoms with Crippen LogP contribution in [-0.4, -0.2) is 240 Å². The van der Waals surface area contributed by atoms with Crippen LogP contribution in [0.15, 0.2) is 0 Å². The fourth-order valence-corrected chi connectivity index (χ4v) is 16.3. The maximum absolute atomic E-state index is 11.7. The van der Waals surface area contributed by atoms with Crippen molar-refractivity contribution >= 4 is 0 Å². The van der Waals surface area contributed by atoms with Crippen LogP contribution in [0.1, 0.15) is 91.9 Å². The van der Waals surface area contributed by atoms with Gasteiger partial charge in [0.05, 0.1) is 38.6 Å². The first-order valence-corrected chi connectivity index (χ1v) is 27.4. The summed E-state index contributed by atoms with van der Waals surface area (Å²) in [5.74, 6) is 3.89. The first-order valence-electron chi connectivity index (χ1n) is 27.4. The molecular weight excluding hydrogens is 979 g/mol. The van der Waals surface area contributed by atoms with E-state index in [1.807, 2.05) is 0 Å². The molecule has 74 heavy (non-hydrogen) atoms. The van der Waals surface area contributed by atoms with E-state index in [0.717, 1.165) is 45.1 Å². The number of nitrogens with one attached hydrogen (secondary N) is 1. The Morgan fingerprint density at radius 1 is 0.486 bits per heavy atom. The molecule has 0 unspecified atom stereocenters. The van der Waals surface area contributed by atoms with E-state index >= 15 is 0 Å². The van der Waals surface area contributed by atoms with Crippen LogP contribution >= 0.6 is 0 Å². The lowest BCUT2D eigenvalue weighted by Gasteiger charge is -2.61. The molecule has 0 amide bonds. The van der Waals surface area contributed by atoms with Crippen molar-refractivity contribution in [2.24, 2.45) is 52.3 Å². The second kappa shape index (κ2) is 21.9. The first-order chi connectivity index (χ1) is 35.2. The maximum atomic E-state index is 11.7. The third kappa shape index (κ3) is 9.56. The average molecular weight is 1060 g/mol. The van der Waals surface area contributed by atoms with Crippen molar-refractivity contribution in [3.8, 4) is 0 Å². The molecule has 0 radical (unpaired) electrons. The summed E-state index contributed by atoms with van der Waals surface area (Å²) in [5.41, 5.74) is 0.159. The SMILES string of the molecule is C[C@@H]1CC[C@@]2(NC1)O[C@H]1C[C@H]3[C@H]4CC[C@@H]5C[C@@H](O[C@@H]6O[C@H](CO)[C@@H](O[C@@H]7O[C@H](CO)[C@@H](O)[C@H](O[C@@H]8O[C@H](CO)[C@H](O)[C@H](O)[C@@H]8O[C@@H]8O[C@@H](CO)[C@H](O)[C@H](O)[C@H]8O)[C@H]7O)[C@@H](O)[C@H]6O)CC[C@@]5(C)[C@@H]4CC[C@@]3(C)[C@H]1[C@H]2C. The van der Waals surface area contributed by atoms with Crippen molar-refractivity contribution in [1.29, 1.82) is 0 Å². The first kappa shape index (κ1) is 56.4. The predicted molar refractivity (Wildman–Crippen MR) is 250 cm³/mol. The summed E-state index contributed by atoms with van der Waals surface area (Å²) >= 11 is 0. The maximum Gasteiger partial charge on any atom is 0.187 e. The fourth-order valence-electron chi connectivity index (χ4n) is 16.3. The van der Waals surface area contributed by atoms with E-state index in [4.69, 9.17) is 42.6 Å². The molecule has 4 saturated carbocycles. The van der Waals surface area contributed by atoms with E-state index in [0.29, 0.717) is 47.8 Å². The Hall–Kier alpha value is -0.920. The van der Waals surface area contributed by atoms with E-state index in [-0.39, 0.29) is 28.8 Å².